The van der Waals surface area contributed by atoms with Crippen LogP contribution in [-0.4, -0.2) is 36.8 Å². The van der Waals surface area contributed by atoms with Gasteiger partial charge in [-0.15, -0.1) is 0 Å². The van der Waals surface area contributed by atoms with Crippen molar-refractivity contribution in [3.05, 3.63) is 0 Å². The molecule has 0 aromatic rings. The molecule has 0 amide bonds. The van der Waals surface area contributed by atoms with E-state index in [0.717, 1.165) is 13.8 Å². The molecule has 0 N–H and O–H groups in total. The smallest absolute Gasteiger partial charge is 0.431 e. The fourth-order valence-corrected chi connectivity index (χ4v) is 1.88. The Balaban J connectivity index is 5.44. The van der Waals surface area contributed by atoms with Crippen LogP contribution in [0.5, 0.6) is 0 Å². The standard InChI is InChI=1S/C12H14F10O2/c1-6(5-24-7(2)23)3-8(10(14,15)16)4-9(13,11(17,18)19)12(20,21)22/h6,8H,3-5H2,1-2H3. The van der Waals surface area contributed by atoms with Gasteiger partial charge in [-0.05, 0) is 12.3 Å². The summed E-state index contributed by atoms with van der Waals surface area (Å²) in [5, 5.41) is 0. The zero-order valence-corrected chi connectivity index (χ0v) is 12.4. The monoisotopic (exact) mass is 380 g/mol. The van der Waals surface area contributed by atoms with Crippen molar-refractivity contribution in [2.45, 2.75) is 50.9 Å². The molecule has 12 heteroatoms. The molecule has 2 unspecified atom stereocenters. The van der Waals surface area contributed by atoms with Crippen LogP contribution in [0.3, 0.4) is 0 Å². The fourth-order valence-electron chi connectivity index (χ4n) is 1.88. The fraction of sp³-hybridized carbons (Fsp3) is 0.917. The number of hydrogen-bond acceptors (Lipinski definition) is 2. The number of ether oxygens (including phenoxy) is 1. The normalized spacial score (nSPS) is 16.7. The van der Waals surface area contributed by atoms with Gasteiger partial charge in [0.15, 0.2) is 0 Å². The van der Waals surface area contributed by atoms with E-state index in [1.54, 1.807) is 0 Å². The highest BCUT2D eigenvalue weighted by molar-refractivity contribution is 5.65. The van der Waals surface area contributed by atoms with Crippen molar-refractivity contribution < 1.29 is 53.4 Å². The summed E-state index contributed by atoms with van der Waals surface area (Å²) >= 11 is 0. The molecule has 0 fully saturated rings. The van der Waals surface area contributed by atoms with E-state index in [0.29, 0.717) is 0 Å². The average molecular weight is 380 g/mol. The van der Waals surface area contributed by atoms with Gasteiger partial charge in [0, 0.05) is 13.3 Å². The van der Waals surface area contributed by atoms with E-state index in [2.05, 4.69) is 4.74 Å². The maximum Gasteiger partial charge on any atom is 0.431 e. The van der Waals surface area contributed by atoms with Gasteiger partial charge in [-0.25, -0.2) is 4.39 Å². The van der Waals surface area contributed by atoms with Gasteiger partial charge in [-0.3, -0.25) is 4.79 Å². The largest absolute Gasteiger partial charge is 0.466 e. The summed E-state index contributed by atoms with van der Waals surface area (Å²) in [5.41, 5.74) is -6.00. The Morgan fingerprint density at radius 3 is 1.62 bits per heavy atom. The van der Waals surface area contributed by atoms with Crippen LogP contribution in [0.4, 0.5) is 43.9 Å². The summed E-state index contributed by atoms with van der Waals surface area (Å²) in [6, 6.07) is 0. The maximum atomic E-state index is 13.5. The molecule has 0 spiro atoms. The molecule has 0 rings (SSSR count). The predicted molar refractivity (Wildman–Crippen MR) is 60.5 cm³/mol. The first kappa shape index (κ1) is 22.8. The minimum absolute atomic E-state index is 0.654. The van der Waals surface area contributed by atoms with E-state index in [1.165, 1.54) is 0 Å². The summed E-state index contributed by atoms with van der Waals surface area (Å²) in [6.07, 6.45) is -22.7. The van der Waals surface area contributed by atoms with E-state index in [9.17, 15) is 48.7 Å². The molecule has 144 valence electrons. The van der Waals surface area contributed by atoms with Crippen LogP contribution in [0.25, 0.3) is 0 Å². The van der Waals surface area contributed by atoms with Crippen molar-refractivity contribution in [3.8, 4) is 0 Å². The van der Waals surface area contributed by atoms with Crippen molar-refractivity contribution in [3.63, 3.8) is 0 Å². The van der Waals surface area contributed by atoms with Gasteiger partial charge in [0.1, 0.15) is 0 Å². The average Bonchev–Trinajstić information content (AvgIpc) is 2.31. The van der Waals surface area contributed by atoms with Gasteiger partial charge in [0.2, 0.25) is 0 Å². The minimum Gasteiger partial charge on any atom is -0.466 e. The molecule has 0 aromatic heterocycles. The van der Waals surface area contributed by atoms with Gasteiger partial charge < -0.3 is 4.74 Å². The van der Waals surface area contributed by atoms with Crippen molar-refractivity contribution in [2.24, 2.45) is 11.8 Å². The lowest BCUT2D eigenvalue weighted by atomic mass is 9.84. The van der Waals surface area contributed by atoms with Gasteiger partial charge >= 0.3 is 24.5 Å². The Morgan fingerprint density at radius 1 is 0.917 bits per heavy atom. The lowest BCUT2D eigenvalue weighted by Gasteiger charge is -2.34. The van der Waals surface area contributed by atoms with E-state index >= 15 is 0 Å². The third kappa shape index (κ3) is 6.00. The quantitative estimate of drug-likeness (QED) is 0.480. The summed E-state index contributed by atoms with van der Waals surface area (Å²) in [4.78, 5) is 10.5. The molecule has 0 aliphatic heterocycles. The summed E-state index contributed by atoms with van der Waals surface area (Å²) in [6.45, 7) is 1.27. The van der Waals surface area contributed by atoms with Gasteiger partial charge in [-0.1, -0.05) is 6.92 Å². The van der Waals surface area contributed by atoms with Gasteiger partial charge in [-0.2, -0.15) is 39.5 Å². The second kappa shape index (κ2) is 7.34. The molecule has 0 bridgehead atoms. The van der Waals surface area contributed by atoms with E-state index in [4.69, 9.17) is 0 Å². The number of rotatable bonds is 6. The first-order valence-corrected chi connectivity index (χ1v) is 6.44. The Morgan fingerprint density at radius 2 is 1.33 bits per heavy atom. The number of carbonyl (C=O) groups excluding carboxylic acids is 1. The first-order valence-electron chi connectivity index (χ1n) is 6.44. The number of hydrogen-bond donors (Lipinski definition) is 0. The number of esters is 1. The van der Waals surface area contributed by atoms with Crippen LogP contribution in [0, 0.1) is 11.8 Å². The summed E-state index contributed by atoms with van der Waals surface area (Å²) < 4.78 is 131. The Labute approximate surface area is 130 Å². The molecule has 0 aliphatic carbocycles. The zero-order chi connectivity index (χ0) is 19.6. The molecule has 0 aliphatic rings. The number of halogens is 10. The van der Waals surface area contributed by atoms with Crippen LogP contribution >= 0.6 is 0 Å². The topological polar surface area (TPSA) is 26.3 Å². The molecule has 0 aromatic carbocycles. The molecule has 0 radical (unpaired) electrons. The van der Waals surface area contributed by atoms with Crippen LogP contribution < -0.4 is 0 Å². The zero-order valence-electron chi connectivity index (χ0n) is 12.4. The van der Waals surface area contributed by atoms with Crippen molar-refractivity contribution in [1.29, 1.82) is 0 Å². The minimum atomic E-state index is -6.56. The molecular weight excluding hydrogens is 366 g/mol. The second-order valence-electron chi connectivity index (χ2n) is 5.38. The van der Waals surface area contributed by atoms with E-state index in [-0.39, 0.29) is 0 Å². The van der Waals surface area contributed by atoms with Crippen molar-refractivity contribution in [1.82, 2.24) is 0 Å². The molecule has 2 nitrogen and oxygen atoms in total. The van der Waals surface area contributed by atoms with Crippen molar-refractivity contribution >= 4 is 5.97 Å². The second-order valence-corrected chi connectivity index (χ2v) is 5.38. The maximum absolute atomic E-state index is 13.5. The van der Waals surface area contributed by atoms with Crippen molar-refractivity contribution in [2.75, 3.05) is 6.61 Å². The molecular formula is C12H14F10O2. The molecule has 0 saturated carbocycles. The SMILES string of the molecule is CC(=O)OCC(C)CC(CC(F)(C(F)(F)F)C(F)(F)F)C(F)(F)F. The third-order valence-corrected chi connectivity index (χ3v) is 3.15. The Kier molecular flexibility index (Phi) is 6.96. The predicted octanol–water partition coefficient (Wildman–Crippen LogP) is 4.98. The highest BCUT2D eigenvalue weighted by Crippen LogP contribution is 2.52. The Bertz CT molecular complexity index is 409. The van der Waals surface area contributed by atoms with E-state index in [1.807, 2.05) is 0 Å². The lowest BCUT2D eigenvalue weighted by molar-refractivity contribution is -0.352. The van der Waals surface area contributed by atoms with Gasteiger partial charge in [0.25, 0.3) is 5.67 Å². The third-order valence-electron chi connectivity index (χ3n) is 3.15. The highest BCUT2D eigenvalue weighted by atomic mass is 19.4. The summed E-state index contributed by atoms with van der Waals surface area (Å²) in [7, 11) is 0. The highest BCUT2D eigenvalue weighted by Gasteiger charge is 2.73. The van der Waals surface area contributed by atoms with Crippen LogP contribution in [0.2, 0.25) is 0 Å². The molecule has 24 heavy (non-hydrogen) atoms. The van der Waals surface area contributed by atoms with Gasteiger partial charge in [0.05, 0.1) is 12.5 Å². The molecule has 2 atom stereocenters. The number of alkyl halides is 10. The van der Waals surface area contributed by atoms with Crippen LogP contribution in [0.15, 0.2) is 0 Å². The molecule has 0 saturated heterocycles. The van der Waals surface area contributed by atoms with Crippen LogP contribution in [-0.2, 0) is 9.53 Å². The van der Waals surface area contributed by atoms with E-state index < -0.39 is 61.5 Å². The Hall–Kier alpha value is -1.23. The lowest BCUT2D eigenvalue weighted by Crippen LogP contribution is -2.55. The van der Waals surface area contributed by atoms with Crippen LogP contribution in [0.1, 0.15) is 26.7 Å². The first-order chi connectivity index (χ1) is 10.4. The summed E-state index contributed by atoms with van der Waals surface area (Å²) in [5.74, 6) is -5.35. The molecule has 0 heterocycles. The number of carbonyl (C=O) groups is 1.